The molecule has 2 aromatic rings. The Morgan fingerprint density at radius 1 is 1.35 bits per heavy atom. The van der Waals surface area contributed by atoms with Crippen molar-refractivity contribution in [1.29, 1.82) is 0 Å². The van der Waals surface area contributed by atoms with Crippen molar-refractivity contribution in [2.45, 2.75) is 26.0 Å². The highest BCUT2D eigenvalue weighted by atomic mass is 35.5. The Morgan fingerprint density at radius 3 is 2.71 bits per heavy atom. The second kappa shape index (κ2) is 5.29. The highest BCUT2D eigenvalue weighted by Crippen LogP contribution is 2.22. The number of halogens is 1. The van der Waals surface area contributed by atoms with Crippen LogP contribution in [0, 0.1) is 0 Å². The van der Waals surface area contributed by atoms with Gasteiger partial charge in [-0.15, -0.1) is 5.10 Å². The zero-order valence-corrected chi connectivity index (χ0v) is 10.3. The van der Waals surface area contributed by atoms with Gasteiger partial charge in [0, 0.05) is 11.6 Å². The Bertz CT molecular complexity index is 481. The molecule has 1 unspecified atom stereocenters. The van der Waals surface area contributed by atoms with Crippen LogP contribution in [0.25, 0.3) is 0 Å². The number of aliphatic hydroxyl groups is 1. The van der Waals surface area contributed by atoms with Gasteiger partial charge in [-0.05, 0) is 24.1 Å². The van der Waals surface area contributed by atoms with E-state index in [0.717, 1.165) is 18.5 Å². The minimum absolute atomic E-state index is 0.654. The number of aliphatic hydroxyl groups excluding tert-OH is 1. The third kappa shape index (κ3) is 2.65. The van der Waals surface area contributed by atoms with Crippen LogP contribution in [0.15, 0.2) is 30.5 Å². The number of hydrogen-bond acceptors (Lipinski definition) is 3. The number of aromatic nitrogens is 3. The topological polar surface area (TPSA) is 50.9 Å². The first-order valence-corrected chi connectivity index (χ1v) is 5.92. The van der Waals surface area contributed by atoms with E-state index in [1.54, 1.807) is 35.1 Å². The maximum atomic E-state index is 10.2. The van der Waals surface area contributed by atoms with Gasteiger partial charge < -0.3 is 5.11 Å². The molecule has 0 amide bonds. The average molecular weight is 252 g/mol. The highest BCUT2D eigenvalue weighted by Gasteiger charge is 2.15. The molecule has 1 aromatic carbocycles. The molecule has 0 saturated carbocycles. The van der Waals surface area contributed by atoms with E-state index in [9.17, 15) is 5.11 Å². The summed E-state index contributed by atoms with van der Waals surface area (Å²) in [5.74, 6) is 0. The van der Waals surface area contributed by atoms with Crippen molar-refractivity contribution in [3.05, 3.63) is 46.7 Å². The van der Waals surface area contributed by atoms with E-state index in [4.69, 9.17) is 11.6 Å². The summed E-state index contributed by atoms with van der Waals surface area (Å²) >= 11 is 5.81. The molecule has 0 saturated heterocycles. The Balaban J connectivity index is 2.26. The lowest BCUT2D eigenvalue weighted by molar-refractivity contribution is 0.207. The predicted octanol–water partition coefficient (Wildman–Crippen LogP) is 2.42. The van der Waals surface area contributed by atoms with Gasteiger partial charge in [0.1, 0.15) is 6.10 Å². The van der Waals surface area contributed by atoms with E-state index in [1.165, 1.54) is 0 Å². The molecule has 0 fully saturated rings. The lowest BCUT2D eigenvalue weighted by atomic mass is 10.1. The van der Waals surface area contributed by atoms with Gasteiger partial charge in [-0.1, -0.05) is 35.9 Å². The molecule has 17 heavy (non-hydrogen) atoms. The Morgan fingerprint density at radius 2 is 2.06 bits per heavy atom. The summed E-state index contributed by atoms with van der Waals surface area (Å²) in [6.45, 7) is 2.81. The summed E-state index contributed by atoms with van der Waals surface area (Å²) in [7, 11) is 0. The summed E-state index contributed by atoms with van der Waals surface area (Å²) in [5.41, 5.74) is 1.49. The van der Waals surface area contributed by atoms with Gasteiger partial charge >= 0.3 is 0 Å². The Kier molecular flexibility index (Phi) is 3.76. The predicted molar refractivity (Wildman–Crippen MR) is 65.8 cm³/mol. The van der Waals surface area contributed by atoms with Crippen LogP contribution in [0.2, 0.25) is 5.02 Å². The third-order valence-corrected chi connectivity index (χ3v) is 2.80. The van der Waals surface area contributed by atoms with Crippen LogP contribution >= 0.6 is 11.6 Å². The van der Waals surface area contributed by atoms with Crippen molar-refractivity contribution in [2.24, 2.45) is 0 Å². The van der Waals surface area contributed by atoms with Gasteiger partial charge in [-0.2, -0.15) is 0 Å². The number of nitrogens with zero attached hydrogens (tertiary/aromatic N) is 3. The van der Waals surface area contributed by atoms with Crippen molar-refractivity contribution in [2.75, 3.05) is 0 Å². The van der Waals surface area contributed by atoms with Gasteiger partial charge in [0.15, 0.2) is 0 Å². The van der Waals surface area contributed by atoms with Gasteiger partial charge in [-0.25, -0.2) is 4.68 Å². The smallest absolute Gasteiger partial charge is 0.122 e. The standard InChI is InChI=1S/C12H14ClN3O/c1-2-7-16-11(8-14-15-16)12(17)9-3-5-10(13)6-4-9/h3-6,8,12,17H,2,7H2,1H3. The lowest BCUT2D eigenvalue weighted by Gasteiger charge is -2.12. The SMILES string of the molecule is CCCn1nncc1C(O)c1ccc(Cl)cc1. The van der Waals surface area contributed by atoms with Crippen molar-refractivity contribution in [3.8, 4) is 0 Å². The summed E-state index contributed by atoms with van der Waals surface area (Å²) in [4.78, 5) is 0. The second-order valence-corrected chi connectivity index (χ2v) is 4.27. The summed E-state index contributed by atoms with van der Waals surface area (Å²) in [6, 6.07) is 7.12. The molecule has 4 nitrogen and oxygen atoms in total. The molecule has 5 heteroatoms. The molecule has 90 valence electrons. The summed E-state index contributed by atoms with van der Waals surface area (Å²) < 4.78 is 1.72. The molecule has 1 atom stereocenters. The molecule has 1 aromatic heterocycles. The average Bonchev–Trinajstić information content (AvgIpc) is 2.78. The third-order valence-electron chi connectivity index (χ3n) is 2.55. The van der Waals surface area contributed by atoms with E-state index in [1.807, 2.05) is 0 Å². The van der Waals surface area contributed by atoms with Gasteiger partial charge in [0.05, 0.1) is 11.9 Å². The molecule has 0 radical (unpaired) electrons. The Hall–Kier alpha value is -1.39. The summed E-state index contributed by atoms with van der Waals surface area (Å²) in [5, 5.41) is 18.7. The molecule has 0 bridgehead atoms. The fourth-order valence-electron chi connectivity index (χ4n) is 1.68. The molecule has 2 rings (SSSR count). The van der Waals surface area contributed by atoms with Gasteiger partial charge in [0.2, 0.25) is 0 Å². The highest BCUT2D eigenvalue weighted by molar-refractivity contribution is 6.30. The minimum Gasteiger partial charge on any atom is -0.382 e. The van der Waals surface area contributed by atoms with Crippen LogP contribution < -0.4 is 0 Å². The first kappa shape index (κ1) is 12.1. The molecule has 0 aliphatic carbocycles. The minimum atomic E-state index is -0.714. The second-order valence-electron chi connectivity index (χ2n) is 3.84. The van der Waals surface area contributed by atoms with Crippen LogP contribution in [0.5, 0.6) is 0 Å². The number of rotatable bonds is 4. The number of aryl methyl sites for hydroxylation is 1. The maximum Gasteiger partial charge on any atom is 0.122 e. The maximum absolute atomic E-state index is 10.2. The fourth-order valence-corrected chi connectivity index (χ4v) is 1.80. The van der Waals surface area contributed by atoms with Crippen LogP contribution in [0.3, 0.4) is 0 Å². The lowest BCUT2D eigenvalue weighted by Crippen LogP contribution is -2.10. The van der Waals surface area contributed by atoms with E-state index >= 15 is 0 Å². The van der Waals surface area contributed by atoms with Crippen LogP contribution in [0.1, 0.15) is 30.7 Å². The van der Waals surface area contributed by atoms with Gasteiger partial charge in [-0.3, -0.25) is 0 Å². The largest absolute Gasteiger partial charge is 0.382 e. The van der Waals surface area contributed by atoms with Crippen LogP contribution in [0.4, 0.5) is 0 Å². The Labute approximate surface area is 105 Å². The number of hydrogen-bond donors (Lipinski definition) is 1. The van der Waals surface area contributed by atoms with Gasteiger partial charge in [0.25, 0.3) is 0 Å². The molecule has 0 aliphatic heterocycles. The molecular weight excluding hydrogens is 238 g/mol. The first-order valence-electron chi connectivity index (χ1n) is 5.54. The van der Waals surface area contributed by atoms with E-state index < -0.39 is 6.10 Å². The molecule has 1 heterocycles. The molecule has 1 N–H and O–H groups in total. The van der Waals surface area contributed by atoms with E-state index in [0.29, 0.717) is 10.7 Å². The number of benzene rings is 1. The normalized spacial score (nSPS) is 12.6. The molecule has 0 aliphatic rings. The van der Waals surface area contributed by atoms with E-state index in [2.05, 4.69) is 17.2 Å². The molecular formula is C12H14ClN3O. The molecule has 0 spiro atoms. The van der Waals surface area contributed by atoms with E-state index in [-0.39, 0.29) is 0 Å². The quantitative estimate of drug-likeness (QED) is 0.908. The monoisotopic (exact) mass is 251 g/mol. The first-order chi connectivity index (χ1) is 8.22. The zero-order valence-electron chi connectivity index (χ0n) is 9.55. The zero-order chi connectivity index (χ0) is 12.3. The van der Waals surface area contributed by atoms with Crippen molar-refractivity contribution in [3.63, 3.8) is 0 Å². The van der Waals surface area contributed by atoms with Crippen LogP contribution in [-0.2, 0) is 6.54 Å². The van der Waals surface area contributed by atoms with Crippen molar-refractivity contribution < 1.29 is 5.11 Å². The van der Waals surface area contributed by atoms with Crippen molar-refractivity contribution in [1.82, 2.24) is 15.0 Å². The summed E-state index contributed by atoms with van der Waals surface area (Å²) in [6.07, 6.45) is 1.83. The fraction of sp³-hybridized carbons (Fsp3) is 0.333. The van der Waals surface area contributed by atoms with Crippen molar-refractivity contribution >= 4 is 11.6 Å². The van der Waals surface area contributed by atoms with Crippen LogP contribution in [-0.4, -0.2) is 20.1 Å².